The van der Waals surface area contributed by atoms with Crippen LogP contribution >= 0.6 is 11.3 Å². The smallest absolute Gasteiger partial charge is 0.338 e. The van der Waals surface area contributed by atoms with Crippen LogP contribution < -0.4 is 19.6 Å². The second kappa shape index (κ2) is 9.86. The first-order valence-electron chi connectivity index (χ1n) is 12.3. The van der Waals surface area contributed by atoms with Crippen LogP contribution in [-0.2, 0) is 16.6 Å². The Hall–Kier alpha value is -3.91. The second-order valence-electron chi connectivity index (χ2n) is 9.22. The number of rotatable bonds is 6. The van der Waals surface area contributed by atoms with Gasteiger partial charge < -0.3 is 14.0 Å². The van der Waals surface area contributed by atoms with Crippen molar-refractivity contribution < 1.29 is 14.3 Å². The molecule has 0 saturated heterocycles. The molecule has 1 unspecified atom stereocenters. The summed E-state index contributed by atoms with van der Waals surface area (Å²) in [6.07, 6.45) is 3.84. The van der Waals surface area contributed by atoms with Gasteiger partial charge in [0.15, 0.2) is 4.80 Å². The monoisotopic (exact) mass is 515 g/mol. The summed E-state index contributed by atoms with van der Waals surface area (Å²) in [5.74, 6) is 0.124. The van der Waals surface area contributed by atoms with Crippen LogP contribution in [0.5, 0.6) is 5.75 Å². The molecule has 0 N–H and O–H groups in total. The molecule has 1 aliphatic heterocycles. The minimum absolute atomic E-state index is 0.0838. The van der Waals surface area contributed by atoms with Crippen molar-refractivity contribution in [3.05, 3.63) is 96.8 Å². The molecule has 0 saturated carbocycles. The molecule has 1 aliphatic rings. The van der Waals surface area contributed by atoms with E-state index in [0.29, 0.717) is 31.9 Å². The lowest BCUT2D eigenvalue weighted by Gasteiger charge is -2.26. The average Bonchev–Trinajstić information content (AvgIpc) is 3.34. The Morgan fingerprint density at radius 3 is 2.65 bits per heavy atom. The van der Waals surface area contributed by atoms with Crippen molar-refractivity contribution in [2.75, 3.05) is 6.61 Å². The summed E-state index contributed by atoms with van der Waals surface area (Å²) in [6, 6.07) is 14.9. The SMILES string of the molecule is CCOC(=O)C1=C(C)N=c2sc(=Cc3cn(C)c4ccccc34)c(=O)n2C1c1ccccc1OC(C)C. The van der Waals surface area contributed by atoms with Gasteiger partial charge in [0.1, 0.15) is 11.8 Å². The van der Waals surface area contributed by atoms with Crippen LogP contribution in [0.15, 0.2) is 75.8 Å². The number of ether oxygens (including phenoxy) is 2. The Kier molecular flexibility index (Phi) is 6.60. The number of carbonyl (C=O) groups is 1. The minimum atomic E-state index is -0.722. The van der Waals surface area contributed by atoms with Crippen molar-refractivity contribution in [2.45, 2.75) is 39.8 Å². The highest BCUT2D eigenvalue weighted by molar-refractivity contribution is 7.07. The Balaban J connectivity index is 1.77. The molecule has 3 heterocycles. The van der Waals surface area contributed by atoms with E-state index in [-0.39, 0.29) is 18.3 Å². The maximum atomic E-state index is 14.0. The van der Waals surface area contributed by atoms with E-state index < -0.39 is 12.0 Å². The summed E-state index contributed by atoms with van der Waals surface area (Å²) >= 11 is 1.32. The highest BCUT2D eigenvalue weighted by Gasteiger charge is 2.35. The van der Waals surface area contributed by atoms with E-state index in [9.17, 15) is 9.59 Å². The number of carbonyl (C=O) groups excluding carboxylic acids is 1. The summed E-state index contributed by atoms with van der Waals surface area (Å²) in [5.41, 5.74) is 3.40. The zero-order chi connectivity index (χ0) is 26.3. The van der Waals surface area contributed by atoms with Crippen LogP contribution in [0.2, 0.25) is 0 Å². The first-order valence-corrected chi connectivity index (χ1v) is 13.1. The first-order chi connectivity index (χ1) is 17.8. The molecule has 190 valence electrons. The third-order valence-electron chi connectivity index (χ3n) is 6.31. The van der Waals surface area contributed by atoms with Gasteiger partial charge in [-0.15, -0.1) is 0 Å². The van der Waals surface area contributed by atoms with Crippen molar-refractivity contribution in [2.24, 2.45) is 12.0 Å². The van der Waals surface area contributed by atoms with Crippen LogP contribution in [0.1, 0.15) is 44.9 Å². The topological polar surface area (TPSA) is 74.8 Å². The molecule has 37 heavy (non-hydrogen) atoms. The lowest BCUT2D eigenvalue weighted by atomic mass is 9.95. The van der Waals surface area contributed by atoms with E-state index in [1.165, 1.54) is 11.3 Å². The summed E-state index contributed by atoms with van der Waals surface area (Å²) in [6.45, 7) is 7.66. The number of hydrogen-bond acceptors (Lipinski definition) is 6. The summed E-state index contributed by atoms with van der Waals surface area (Å²) in [5, 5.41) is 1.06. The molecule has 0 amide bonds. The standard InChI is InChI=1S/C29H29N3O4S/c1-6-35-28(34)25-18(4)30-29-32(26(25)21-12-8-10-14-23(21)36-17(2)3)27(33)24(37-29)15-19-16-31(5)22-13-9-7-11-20(19)22/h7-17,26H,6H2,1-5H3. The fourth-order valence-electron chi connectivity index (χ4n) is 4.78. The highest BCUT2D eigenvalue weighted by Crippen LogP contribution is 2.36. The molecule has 5 rings (SSSR count). The van der Waals surface area contributed by atoms with Gasteiger partial charge in [0.2, 0.25) is 0 Å². The number of benzene rings is 2. The number of esters is 1. The van der Waals surface area contributed by atoms with E-state index >= 15 is 0 Å². The maximum Gasteiger partial charge on any atom is 0.338 e. The molecule has 4 aromatic rings. The number of aromatic nitrogens is 2. The normalized spacial score (nSPS) is 15.7. The number of nitrogens with zero attached hydrogens (tertiary/aromatic N) is 3. The van der Waals surface area contributed by atoms with Crippen LogP contribution in [0.25, 0.3) is 17.0 Å². The molecule has 8 heteroatoms. The number of thiazole rings is 1. The molecule has 7 nitrogen and oxygen atoms in total. The lowest BCUT2D eigenvalue weighted by molar-refractivity contribution is -0.139. The van der Waals surface area contributed by atoms with Gasteiger partial charge in [-0.05, 0) is 45.9 Å². The predicted molar refractivity (Wildman–Crippen MR) is 146 cm³/mol. The highest BCUT2D eigenvalue weighted by atomic mass is 32.1. The van der Waals surface area contributed by atoms with Gasteiger partial charge in [0, 0.05) is 35.3 Å². The largest absolute Gasteiger partial charge is 0.491 e. The van der Waals surface area contributed by atoms with E-state index in [1.54, 1.807) is 18.4 Å². The van der Waals surface area contributed by atoms with Gasteiger partial charge in [0.05, 0.1) is 28.5 Å². The fraction of sp³-hybridized carbons (Fsp3) is 0.276. The summed E-state index contributed by atoms with van der Waals surface area (Å²) in [4.78, 5) is 32.4. The number of para-hydroxylation sites is 2. The minimum Gasteiger partial charge on any atom is -0.491 e. The number of allylic oxidation sites excluding steroid dienone is 1. The molecule has 0 radical (unpaired) electrons. The third kappa shape index (κ3) is 4.42. The summed E-state index contributed by atoms with van der Waals surface area (Å²) < 4.78 is 15.7. The lowest BCUT2D eigenvalue weighted by Crippen LogP contribution is -2.40. The van der Waals surface area contributed by atoms with Crippen molar-refractivity contribution in [3.8, 4) is 5.75 Å². The van der Waals surface area contributed by atoms with Crippen molar-refractivity contribution in [1.82, 2.24) is 9.13 Å². The van der Waals surface area contributed by atoms with Crippen LogP contribution in [-0.4, -0.2) is 27.8 Å². The van der Waals surface area contributed by atoms with Gasteiger partial charge in [-0.2, -0.15) is 0 Å². The number of fused-ring (bicyclic) bond motifs is 2. The molecule has 0 fully saturated rings. The van der Waals surface area contributed by atoms with E-state index in [1.807, 2.05) is 80.2 Å². The number of aryl methyl sites for hydroxylation is 1. The Bertz CT molecular complexity index is 1720. The van der Waals surface area contributed by atoms with Crippen LogP contribution in [0.3, 0.4) is 0 Å². The zero-order valence-electron chi connectivity index (χ0n) is 21.5. The van der Waals surface area contributed by atoms with Gasteiger partial charge in [0.25, 0.3) is 5.56 Å². The second-order valence-corrected chi connectivity index (χ2v) is 10.2. The molecule has 2 aromatic heterocycles. The third-order valence-corrected chi connectivity index (χ3v) is 7.29. The van der Waals surface area contributed by atoms with Gasteiger partial charge in [-0.25, -0.2) is 9.79 Å². The zero-order valence-corrected chi connectivity index (χ0v) is 22.3. The summed E-state index contributed by atoms with van der Waals surface area (Å²) in [7, 11) is 1.99. The molecule has 0 bridgehead atoms. The Morgan fingerprint density at radius 2 is 1.89 bits per heavy atom. The van der Waals surface area contributed by atoms with Gasteiger partial charge >= 0.3 is 5.97 Å². The molecule has 2 aromatic carbocycles. The van der Waals surface area contributed by atoms with Crippen molar-refractivity contribution in [3.63, 3.8) is 0 Å². The van der Waals surface area contributed by atoms with E-state index in [2.05, 4.69) is 11.1 Å². The fourth-order valence-corrected chi connectivity index (χ4v) is 5.82. The molecular formula is C29H29N3O4S. The molecule has 0 aliphatic carbocycles. The molecule has 1 atom stereocenters. The van der Waals surface area contributed by atoms with Gasteiger partial charge in [-0.3, -0.25) is 9.36 Å². The Labute approximate surface area is 218 Å². The van der Waals surface area contributed by atoms with Crippen LogP contribution in [0.4, 0.5) is 0 Å². The van der Waals surface area contributed by atoms with E-state index in [4.69, 9.17) is 9.47 Å². The first kappa shape index (κ1) is 24.8. The molecule has 0 spiro atoms. The molecular weight excluding hydrogens is 486 g/mol. The predicted octanol–water partition coefficient (Wildman–Crippen LogP) is 4.08. The van der Waals surface area contributed by atoms with Crippen LogP contribution in [0, 0.1) is 0 Å². The maximum absolute atomic E-state index is 14.0. The van der Waals surface area contributed by atoms with Crippen molar-refractivity contribution in [1.29, 1.82) is 0 Å². The quantitative estimate of drug-likeness (QED) is 0.363. The van der Waals surface area contributed by atoms with Gasteiger partial charge in [-0.1, -0.05) is 47.7 Å². The van der Waals surface area contributed by atoms with E-state index in [0.717, 1.165) is 16.5 Å². The van der Waals surface area contributed by atoms with Crippen molar-refractivity contribution >= 4 is 34.3 Å². The Morgan fingerprint density at radius 1 is 1.16 bits per heavy atom. The number of hydrogen-bond donors (Lipinski definition) is 0. The average molecular weight is 516 g/mol.